The Kier molecular flexibility index (Phi) is 9.18. The predicted octanol–water partition coefficient (Wildman–Crippen LogP) is 2.73. The Bertz CT molecular complexity index is 1390. The number of nitrogens with two attached hydrogens (primary N) is 2. The van der Waals surface area contributed by atoms with Gasteiger partial charge in [0.25, 0.3) is 0 Å². The molecule has 3 rings (SSSR count). The molecular weight excluding hydrogens is 523 g/mol. The molecule has 39 heavy (non-hydrogen) atoms. The fourth-order valence-corrected chi connectivity index (χ4v) is 3.62. The highest BCUT2D eigenvalue weighted by molar-refractivity contribution is 5.72. The summed E-state index contributed by atoms with van der Waals surface area (Å²) >= 11 is 0. The van der Waals surface area contributed by atoms with Gasteiger partial charge in [0, 0.05) is 29.0 Å². The van der Waals surface area contributed by atoms with Gasteiger partial charge in [-0.05, 0) is 55.6 Å². The Hall–Kier alpha value is -4.54. The van der Waals surface area contributed by atoms with E-state index in [2.05, 4.69) is 27.2 Å². The second kappa shape index (κ2) is 12.3. The van der Waals surface area contributed by atoms with Gasteiger partial charge in [0.1, 0.15) is 29.5 Å². The summed E-state index contributed by atoms with van der Waals surface area (Å²) in [7, 11) is 1.36. The standard InChI is InChI=1S/C26H23F5N6O2/c1-34-14-24(38)39-25(15-37(33)16-36-32,21-10-9-20(28)12-22(21)29)26(30,31)23-11-6-18(13-35-23)3-2-17-4-7-19(27)8-5-17/h4-13,16,34H,14-15,32-33H2,1H3/b36-16-. The number of carbonyl (C=O) groups excluding carboxylic acids is 1. The summed E-state index contributed by atoms with van der Waals surface area (Å²) < 4.78 is 79.9. The first-order valence-electron chi connectivity index (χ1n) is 11.2. The van der Waals surface area contributed by atoms with Crippen molar-refractivity contribution in [1.29, 1.82) is 0 Å². The maximum Gasteiger partial charge on any atom is 0.334 e. The number of hydrazone groups is 1. The normalized spacial score (nSPS) is 12.9. The van der Waals surface area contributed by atoms with Crippen LogP contribution in [-0.2, 0) is 21.1 Å². The van der Waals surface area contributed by atoms with Crippen LogP contribution in [0.4, 0.5) is 22.0 Å². The lowest BCUT2D eigenvalue weighted by Gasteiger charge is -2.41. The summed E-state index contributed by atoms with van der Waals surface area (Å²) in [5.74, 6) is 7.90. The van der Waals surface area contributed by atoms with Crippen molar-refractivity contribution < 1.29 is 31.5 Å². The van der Waals surface area contributed by atoms with E-state index in [0.29, 0.717) is 16.6 Å². The first-order chi connectivity index (χ1) is 18.5. The Labute approximate surface area is 220 Å². The Morgan fingerprint density at radius 1 is 1.08 bits per heavy atom. The van der Waals surface area contributed by atoms with Gasteiger partial charge >= 0.3 is 11.9 Å². The fraction of sp³-hybridized carbons (Fsp3) is 0.192. The Balaban J connectivity index is 2.14. The highest BCUT2D eigenvalue weighted by Crippen LogP contribution is 2.48. The molecule has 0 aliphatic carbocycles. The first-order valence-corrected chi connectivity index (χ1v) is 11.2. The van der Waals surface area contributed by atoms with E-state index in [9.17, 15) is 13.6 Å². The van der Waals surface area contributed by atoms with E-state index in [1.807, 2.05) is 0 Å². The summed E-state index contributed by atoms with van der Waals surface area (Å²) in [6.07, 6.45) is 1.78. The molecule has 1 aromatic heterocycles. The summed E-state index contributed by atoms with van der Waals surface area (Å²) in [6, 6.07) is 9.25. The predicted molar refractivity (Wildman–Crippen MR) is 132 cm³/mol. The minimum absolute atomic E-state index is 0.223. The van der Waals surface area contributed by atoms with Crippen LogP contribution in [0.3, 0.4) is 0 Å². The van der Waals surface area contributed by atoms with E-state index in [-0.39, 0.29) is 5.56 Å². The van der Waals surface area contributed by atoms with Gasteiger partial charge in [-0.25, -0.2) is 19.0 Å². The van der Waals surface area contributed by atoms with Crippen LogP contribution in [0.1, 0.15) is 22.4 Å². The highest BCUT2D eigenvalue weighted by atomic mass is 19.3. The molecule has 0 fully saturated rings. The number of aromatic nitrogens is 1. The zero-order chi connectivity index (χ0) is 28.6. The molecule has 8 nitrogen and oxygen atoms in total. The third kappa shape index (κ3) is 6.67. The van der Waals surface area contributed by atoms with Crippen molar-refractivity contribution in [1.82, 2.24) is 15.3 Å². The molecular formula is C26H23F5N6O2. The van der Waals surface area contributed by atoms with Crippen LogP contribution >= 0.6 is 0 Å². The van der Waals surface area contributed by atoms with Crippen molar-refractivity contribution in [2.75, 3.05) is 20.1 Å². The first kappa shape index (κ1) is 29.0. The van der Waals surface area contributed by atoms with Crippen molar-refractivity contribution in [3.63, 3.8) is 0 Å². The lowest BCUT2D eigenvalue weighted by molar-refractivity contribution is -0.228. The van der Waals surface area contributed by atoms with E-state index in [1.165, 1.54) is 37.4 Å². The van der Waals surface area contributed by atoms with Crippen LogP contribution < -0.4 is 17.0 Å². The van der Waals surface area contributed by atoms with Crippen molar-refractivity contribution in [2.24, 2.45) is 16.8 Å². The number of ether oxygens (including phenoxy) is 1. The Morgan fingerprint density at radius 2 is 1.72 bits per heavy atom. The number of likely N-dealkylation sites (N-methyl/N-ethyl adjacent to an activating group) is 1. The summed E-state index contributed by atoms with van der Waals surface area (Å²) in [6.45, 7) is -1.59. The minimum atomic E-state index is -4.25. The van der Waals surface area contributed by atoms with Crippen LogP contribution in [0.5, 0.6) is 0 Å². The number of hydrazine groups is 1. The average Bonchev–Trinajstić information content (AvgIpc) is 2.88. The molecule has 0 saturated carbocycles. The number of hydrogen-bond acceptors (Lipinski definition) is 7. The van der Waals surface area contributed by atoms with Crippen molar-refractivity contribution in [2.45, 2.75) is 11.5 Å². The molecule has 13 heteroatoms. The van der Waals surface area contributed by atoms with E-state index in [4.69, 9.17) is 16.4 Å². The second-order valence-corrected chi connectivity index (χ2v) is 8.16. The van der Waals surface area contributed by atoms with Crippen LogP contribution in [0.2, 0.25) is 0 Å². The number of rotatable bonds is 9. The maximum absolute atomic E-state index is 16.4. The number of nitrogens with zero attached hydrogens (tertiary/aromatic N) is 3. The van der Waals surface area contributed by atoms with Gasteiger partial charge in [0.2, 0.25) is 5.60 Å². The SMILES string of the molecule is CNCC(=O)OC(CN(N)/C=N\N)(c1ccc(F)cc1F)C(F)(F)c1ccc(C#Cc2ccc(F)cc2)cn1. The van der Waals surface area contributed by atoms with Crippen molar-refractivity contribution in [3.8, 4) is 11.8 Å². The monoisotopic (exact) mass is 546 g/mol. The van der Waals surface area contributed by atoms with Gasteiger partial charge in [-0.2, -0.15) is 13.9 Å². The molecule has 3 aromatic rings. The van der Waals surface area contributed by atoms with E-state index < -0.39 is 59.3 Å². The lowest BCUT2D eigenvalue weighted by atomic mass is 9.83. The van der Waals surface area contributed by atoms with Gasteiger partial charge in [-0.15, -0.1) is 0 Å². The minimum Gasteiger partial charge on any atom is -0.444 e. The molecule has 1 unspecified atom stereocenters. The number of benzene rings is 2. The van der Waals surface area contributed by atoms with Crippen LogP contribution in [0.25, 0.3) is 0 Å². The molecule has 0 radical (unpaired) electrons. The molecule has 1 heterocycles. The maximum atomic E-state index is 16.4. The number of pyridine rings is 1. The largest absolute Gasteiger partial charge is 0.444 e. The van der Waals surface area contributed by atoms with Crippen LogP contribution in [0.15, 0.2) is 65.9 Å². The molecule has 0 spiro atoms. The Morgan fingerprint density at radius 3 is 2.31 bits per heavy atom. The molecule has 2 aromatic carbocycles. The molecule has 0 amide bonds. The van der Waals surface area contributed by atoms with Crippen LogP contribution in [0, 0.1) is 29.3 Å². The average molecular weight is 547 g/mol. The zero-order valence-electron chi connectivity index (χ0n) is 20.5. The van der Waals surface area contributed by atoms with Gasteiger partial charge in [0.15, 0.2) is 0 Å². The third-order valence-corrected chi connectivity index (χ3v) is 5.38. The molecule has 0 saturated heterocycles. The van der Waals surface area contributed by atoms with Crippen LogP contribution in [-0.4, -0.2) is 42.4 Å². The van der Waals surface area contributed by atoms with E-state index in [1.54, 1.807) is 0 Å². The van der Waals surface area contributed by atoms with Crippen molar-refractivity contribution >= 4 is 12.3 Å². The van der Waals surface area contributed by atoms with Gasteiger partial charge in [0.05, 0.1) is 13.1 Å². The summed E-state index contributed by atoms with van der Waals surface area (Å²) in [4.78, 5) is 16.3. The number of nitrogens with one attached hydrogen (secondary N) is 1. The van der Waals surface area contributed by atoms with Gasteiger partial charge in [-0.3, -0.25) is 14.8 Å². The van der Waals surface area contributed by atoms with Gasteiger partial charge < -0.3 is 15.9 Å². The highest BCUT2D eigenvalue weighted by Gasteiger charge is 2.62. The topological polar surface area (TPSA) is 119 Å². The molecule has 0 bridgehead atoms. The zero-order valence-corrected chi connectivity index (χ0v) is 20.5. The lowest BCUT2D eigenvalue weighted by Crippen LogP contribution is -2.56. The number of esters is 1. The van der Waals surface area contributed by atoms with Crippen molar-refractivity contribution in [3.05, 3.63) is 101 Å². The second-order valence-electron chi connectivity index (χ2n) is 8.16. The van der Waals surface area contributed by atoms with Gasteiger partial charge in [-0.1, -0.05) is 11.8 Å². The summed E-state index contributed by atoms with van der Waals surface area (Å²) in [5, 5.41) is 6.17. The quantitative estimate of drug-likeness (QED) is 0.0719. The van der Waals surface area contributed by atoms with E-state index >= 15 is 13.2 Å². The fourth-order valence-electron chi connectivity index (χ4n) is 3.62. The smallest absolute Gasteiger partial charge is 0.334 e. The number of carbonyl (C=O) groups is 1. The molecule has 1 atom stereocenters. The number of alkyl halides is 2. The number of hydrogen-bond donors (Lipinski definition) is 3. The number of halogens is 5. The molecule has 0 aliphatic heterocycles. The molecule has 5 N–H and O–H groups in total. The van der Waals surface area contributed by atoms with E-state index in [0.717, 1.165) is 30.7 Å². The molecule has 0 aliphatic rings. The third-order valence-electron chi connectivity index (χ3n) is 5.38. The molecule has 204 valence electrons. The summed E-state index contributed by atoms with van der Waals surface area (Å²) in [5.41, 5.74) is -4.28.